The zero-order valence-electron chi connectivity index (χ0n) is 16.0. The van der Waals surface area contributed by atoms with Gasteiger partial charge >= 0.3 is 0 Å². The Balaban J connectivity index is 1.77. The predicted molar refractivity (Wildman–Crippen MR) is 98.1 cm³/mol. The maximum atomic E-state index is 16.7. The zero-order valence-corrected chi connectivity index (χ0v) is 16.8. The van der Waals surface area contributed by atoms with Crippen molar-refractivity contribution in [3.05, 3.63) is 0 Å². The van der Waals surface area contributed by atoms with Crippen molar-refractivity contribution in [1.29, 1.82) is 0 Å². The smallest absolute Gasteiger partial charge is 0.179 e. The Morgan fingerprint density at radius 3 is 2.52 bits per heavy atom. The molecule has 4 nitrogen and oxygen atoms in total. The second-order valence-electron chi connectivity index (χ2n) is 9.83. The summed E-state index contributed by atoms with van der Waals surface area (Å²) in [4.78, 5) is 37.7. The van der Waals surface area contributed by atoms with Crippen LogP contribution in [0.4, 0.5) is 4.39 Å². The summed E-state index contributed by atoms with van der Waals surface area (Å²) in [6, 6.07) is 0. The minimum atomic E-state index is -1.98. The fraction of sp³-hybridized carbons (Fsp3) is 0.857. The Kier molecular flexibility index (Phi) is 4.23. The lowest BCUT2D eigenvalue weighted by Crippen LogP contribution is -2.69. The first kappa shape index (κ1) is 19.5. The van der Waals surface area contributed by atoms with Crippen LogP contribution in [0.1, 0.15) is 65.2 Å². The average molecular weight is 399 g/mol. The summed E-state index contributed by atoms with van der Waals surface area (Å²) in [6.07, 6.45) is 2.97. The number of hydrogen-bond donors (Lipinski definition) is 1. The Hall–Kier alpha value is -0.810. The van der Waals surface area contributed by atoms with Crippen molar-refractivity contribution in [2.75, 3.05) is 5.88 Å². The maximum absolute atomic E-state index is 16.7. The Bertz CT molecular complexity index is 725. The van der Waals surface area contributed by atoms with Gasteiger partial charge < -0.3 is 5.11 Å². The molecule has 7 atom stereocenters. The SMILES string of the molecule is C[C@]12CCC(=O)CC1CC[C@H]1[C@@H]3CC[C@](O)(C(=O)CCl)[C@@]3(C)CC(=O)[C@@]12F. The van der Waals surface area contributed by atoms with Gasteiger partial charge in [0.05, 0.1) is 5.88 Å². The van der Waals surface area contributed by atoms with E-state index in [2.05, 4.69) is 0 Å². The van der Waals surface area contributed by atoms with Crippen LogP contribution >= 0.6 is 11.6 Å². The molecule has 4 fully saturated rings. The van der Waals surface area contributed by atoms with Crippen molar-refractivity contribution in [2.24, 2.45) is 28.6 Å². The van der Waals surface area contributed by atoms with E-state index in [9.17, 15) is 19.5 Å². The molecule has 150 valence electrons. The fourth-order valence-corrected chi connectivity index (χ4v) is 7.56. The summed E-state index contributed by atoms with van der Waals surface area (Å²) < 4.78 is 16.7. The molecule has 0 spiro atoms. The molecule has 1 unspecified atom stereocenters. The number of halogens is 2. The van der Waals surface area contributed by atoms with Crippen molar-refractivity contribution in [1.82, 2.24) is 0 Å². The quantitative estimate of drug-likeness (QED) is 0.723. The number of fused-ring (bicyclic) bond motifs is 5. The van der Waals surface area contributed by atoms with Crippen LogP contribution in [0, 0.1) is 28.6 Å². The van der Waals surface area contributed by atoms with Crippen LogP contribution in [0.2, 0.25) is 0 Å². The largest absolute Gasteiger partial charge is 0.381 e. The van der Waals surface area contributed by atoms with Gasteiger partial charge in [0, 0.05) is 36.0 Å². The first-order valence-electron chi connectivity index (χ1n) is 10.1. The molecule has 0 saturated heterocycles. The van der Waals surface area contributed by atoms with Crippen LogP contribution in [-0.4, -0.2) is 39.6 Å². The van der Waals surface area contributed by atoms with Crippen LogP contribution in [0.25, 0.3) is 0 Å². The van der Waals surface area contributed by atoms with Gasteiger partial charge in [-0.3, -0.25) is 14.4 Å². The molecule has 0 aromatic rings. The minimum Gasteiger partial charge on any atom is -0.381 e. The predicted octanol–water partition coefficient (Wildman–Crippen LogP) is 3.41. The zero-order chi connectivity index (χ0) is 19.8. The molecule has 4 saturated carbocycles. The summed E-state index contributed by atoms with van der Waals surface area (Å²) in [5, 5.41) is 11.2. The maximum Gasteiger partial charge on any atom is 0.179 e. The molecule has 0 aromatic carbocycles. The molecule has 0 aliphatic heterocycles. The van der Waals surface area contributed by atoms with Crippen molar-refractivity contribution in [3.8, 4) is 0 Å². The summed E-state index contributed by atoms with van der Waals surface area (Å²) in [7, 11) is 0. The number of Topliss-reactive ketones (excluding diaryl/α,β-unsaturated/α-hetero) is 3. The van der Waals surface area contributed by atoms with E-state index in [1.165, 1.54) is 0 Å². The molecule has 1 N–H and O–H groups in total. The summed E-state index contributed by atoms with van der Waals surface area (Å²) in [5.41, 5.74) is -5.43. The highest BCUT2D eigenvalue weighted by molar-refractivity contribution is 6.29. The summed E-state index contributed by atoms with van der Waals surface area (Å²) in [6.45, 7) is 3.62. The highest BCUT2D eigenvalue weighted by atomic mass is 35.5. The van der Waals surface area contributed by atoms with Crippen LogP contribution in [-0.2, 0) is 14.4 Å². The van der Waals surface area contributed by atoms with E-state index < -0.39 is 39.6 Å². The topological polar surface area (TPSA) is 71.4 Å². The third-order valence-corrected chi connectivity index (χ3v) is 9.29. The van der Waals surface area contributed by atoms with Gasteiger partial charge in [-0.05, 0) is 43.9 Å². The Morgan fingerprint density at radius 2 is 1.85 bits per heavy atom. The van der Waals surface area contributed by atoms with Gasteiger partial charge in [-0.1, -0.05) is 13.8 Å². The van der Waals surface area contributed by atoms with Gasteiger partial charge in [-0.25, -0.2) is 4.39 Å². The molecule has 27 heavy (non-hydrogen) atoms. The van der Waals surface area contributed by atoms with Crippen molar-refractivity contribution in [3.63, 3.8) is 0 Å². The van der Waals surface area contributed by atoms with Crippen molar-refractivity contribution >= 4 is 29.0 Å². The van der Waals surface area contributed by atoms with E-state index in [0.29, 0.717) is 32.1 Å². The molecule has 4 rings (SSSR count). The monoisotopic (exact) mass is 398 g/mol. The van der Waals surface area contributed by atoms with Gasteiger partial charge in [0.15, 0.2) is 17.2 Å². The summed E-state index contributed by atoms with van der Waals surface area (Å²) >= 11 is 5.74. The third-order valence-electron chi connectivity index (χ3n) is 9.05. The Labute approximate surface area is 164 Å². The number of ketones is 3. The molecule has 0 radical (unpaired) electrons. The molecule has 0 amide bonds. The van der Waals surface area contributed by atoms with E-state index in [0.717, 1.165) is 6.42 Å². The first-order chi connectivity index (χ1) is 12.5. The Morgan fingerprint density at radius 1 is 1.15 bits per heavy atom. The highest BCUT2D eigenvalue weighted by Crippen LogP contribution is 2.69. The van der Waals surface area contributed by atoms with Crippen molar-refractivity contribution < 1.29 is 23.9 Å². The van der Waals surface area contributed by atoms with Gasteiger partial charge in [-0.2, -0.15) is 0 Å². The van der Waals surface area contributed by atoms with Gasteiger partial charge in [0.2, 0.25) is 0 Å². The molecular weight excluding hydrogens is 371 g/mol. The highest BCUT2D eigenvalue weighted by Gasteiger charge is 2.75. The molecule has 0 heterocycles. The normalized spacial score (nSPS) is 52.1. The molecule has 4 aliphatic rings. The van der Waals surface area contributed by atoms with Gasteiger partial charge in [0.25, 0.3) is 0 Å². The molecule has 0 bridgehead atoms. The third kappa shape index (κ3) is 2.16. The van der Waals surface area contributed by atoms with Crippen LogP contribution < -0.4 is 0 Å². The number of carbonyl (C=O) groups is 3. The standard InChI is InChI=1S/C21H28ClFO4/c1-18-7-5-13(24)9-12(18)3-4-15-14-6-8-20(27,17(26)11-22)19(14,2)10-16(25)21(15,18)23/h12,14-15,27H,3-11H2,1-2H3/t12?,14-,15-,18-,19-,20-,21-/m0/s1. The number of alkyl halides is 2. The molecule has 6 heteroatoms. The van der Waals surface area contributed by atoms with E-state index in [1.54, 1.807) is 6.92 Å². The summed E-state index contributed by atoms with van der Waals surface area (Å²) in [5.74, 6) is -1.93. The van der Waals surface area contributed by atoms with E-state index in [4.69, 9.17) is 11.6 Å². The number of hydrogen-bond acceptors (Lipinski definition) is 4. The average Bonchev–Trinajstić information content (AvgIpc) is 2.88. The molecule has 0 aromatic heterocycles. The van der Waals surface area contributed by atoms with Crippen LogP contribution in [0.15, 0.2) is 0 Å². The molecule has 4 aliphatic carbocycles. The lowest BCUT2D eigenvalue weighted by atomic mass is 9.42. The van der Waals surface area contributed by atoms with Gasteiger partial charge in [-0.15, -0.1) is 11.6 Å². The van der Waals surface area contributed by atoms with Gasteiger partial charge in [0.1, 0.15) is 11.4 Å². The minimum absolute atomic E-state index is 0.0990. The van der Waals surface area contributed by atoms with E-state index in [-0.39, 0.29) is 36.3 Å². The number of aliphatic hydroxyl groups is 1. The number of rotatable bonds is 2. The second kappa shape index (κ2) is 5.85. The van der Waals surface area contributed by atoms with Crippen LogP contribution in [0.5, 0.6) is 0 Å². The lowest BCUT2D eigenvalue weighted by molar-refractivity contribution is -0.206. The first-order valence-corrected chi connectivity index (χ1v) is 10.6. The second-order valence-corrected chi connectivity index (χ2v) is 10.1. The fourth-order valence-electron chi connectivity index (χ4n) is 7.34. The van der Waals surface area contributed by atoms with E-state index >= 15 is 4.39 Å². The van der Waals surface area contributed by atoms with Crippen molar-refractivity contribution in [2.45, 2.75) is 76.5 Å². The lowest BCUT2D eigenvalue weighted by Gasteiger charge is -2.62. The van der Waals surface area contributed by atoms with E-state index in [1.807, 2.05) is 6.92 Å². The molecular formula is C21H28ClFO4. The number of carbonyl (C=O) groups excluding carboxylic acids is 3. The van der Waals surface area contributed by atoms with Crippen LogP contribution in [0.3, 0.4) is 0 Å².